The first kappa shape index (κ1) is 33.1. The Kier molecular flexibility index (Phi) is 11.2. The van der Waals surface area contributed by atoms with Gasteiger partial charge in [0.25, 0.3) is 0 Å². The van der Waals surface area contributed by atoms with E-state index in [0.29, 0.717) is 35.0 Å². The van der Waals surface area contributed by atoms with Crippen LogP contribution in [0.1, 0.15) is 61.0 Å². The van der Waals surface area contributed by atoms with Gasteiger partial charge in [-0.2, -0.15) is 0 Å². The number of rotatable bonds is 10. The average molecular weight is 723 g/mol. The monoisotopic (exact) mass is 722 g/mol. The number of carbonyl (C=O) groups is 3. The predicted octanol–water partition coefficient (Wildman–Crippen LogP) is 8.29. The van der Waals surface area contributed by atoms with Crippen LogP contribution in [0.15, 0.2) is 93.8 Å². The number of furan rings is 2. The SMILES string of the molecule is CC(=O)c1ccc(-c2ccc(OCc3cc(C(=O)O)oc3C)cc2)cc1.COC(=O)c1cc(COc2ccc(I)cc2)c(C)o1. The zero-order chi connectivity index (χ0) is 32.5. The molecular weight excluding hydrogens is 691 g/mol. The summed E-state index contributed by atoms with van der Waals surface area (Å²) in [5.41, 5.74) is 4.24. The number of aromatic carboxylic acids is 1. The van der Waals surface area contributed by atoms with Gasteiger partial charge in [0.1, 0.15) is 36.2 Å². The Bertz CT molecular complexity index is 1760. The molecule has 0 aliphatic rings. The van der Waals surface area contributed by atoms with Gasteiger partial charge in [0.15, 0.2) is 5.78 Å². The number of hydrogen-bond donors (Lipinski definition) is 1. The molecule has 0 spiro atoms. The van der Waals surface area contributed by atoms with Crippen LogP contribution < -0.4 is 9.47 Å². The molecule has 45 heavy (non-hydrogen) atoms. The molecule has 0 bridgehead atoms. The van der Waals surface area contributed by atoms with Gasteiger partial charge in [0.05, 0.1) is 7.11 Å². The average Bonchev–Trinajstić information content (AvgIpc) is 3.61. The molecule has 0 saturated heterocycles. The van der Waals surface area contributed by atoms with Gasteiger partial charge < -0.3 is 28.2 Å². The Balaban J connectivity index is 0.000000215. The molecule has 0 amide bonds. The van der Waals surface area contributed by atoms with Crippen LogP contribution >= 0.6 is 22.6 Å². The van der Waals surface area contributed by atoms with E-state index in [-0.39, 0.29) is 23.9 Å². The maximum Gasteiger partial charge on any atom is 0.373 e. The molecule has 5 aromatic rings. The second-order valence-corrected chi connectivity index (χ2v) is 11.1. The summed E-state index contributed by atoms with van der Waals surface area (Å²) in [5, 5.41) is 8.94. The standard InChI is InChI=1S/C21H18O5.C14H13IO4/c1-13(22)15-3-5-16(6-4-15)17-7-9-19(10-8-17)25-12-18-11-20(21(23)24)26-14(18)2;1-9-10(7-13(19-9)14(16)17-2)8-18-12-5-3-11(15)4-6-12/h3-11H,12H2,1-2H3,(H,23,24);3-7H,8H2,1-2H3. The van der Waals surface area contributed by atoms with Gasteiger partial charge in [0.2, 0.25) is 11.5 Å². The number of aryl methyl sites for hydroxylation is 2. The van der Waals surface area contributed by atoms with E-state index in [0.717, 1.165) is 26.0 Å². The minimum Gasteiger partial charge on any atom is -0.489 e. The van der Waals surface area contributed by atoms with Crippen molar-refractivity contribution >= 4 is 40.3 Å². The van der Waals surface area contributed by atoms with Crippen molar-refractivity contribution in [2.75, 3.05) is 7.11 Å². The van der Waals surface area contributed by atoms with E-state index in [9.17, 15) is 14.4 Å². The summed E-state index contributed by atoms with van der Waals surface area (Å²) in [4.78, 5) is 33.6. The molecule has 0 fully saturated rings. The summed E-state index contributed by atoms with van der Waals surface area (Å²) in [5.74, 6) is 1.21. The molecule has 0 saturated carbocycles. The lowest BCUT2D eigenvalue weighted by Gasteiger charge is -2.07. The molecule has 2 aromatic heterocycles. The smallest absolute Gasteiger partial charge is 0.373 e. The highest BCUT2D eigenvalue weighted by Gasteiger charge is 2.15. The quantitative estimate of drug-likeness (QED) is 0.0861. The molecule has 0 aliphatic carbocycles. The second-order valence-electron chi connectivity index (χ2n) is 9.87. The van der Waals surface area contributed by atoms with Crippen molar-refractivity contribution in [3.8, 4) is 22.6 Å². The van der Waals surface area contributed by atoms with Crippen molar-refractivity contribution in [2.24, 2.45) is 0 Å². The molecule has 5 rings (SSSR count). The zero-order valence-corrected chi connectivity index (χ0v) is 27.2. The summed E-state index contributed by atoms with van der Waals surface area (Å²) in [7, 11) is 1.32. The lowest BCUT2D eigenvalue weighted by molar-refractivity contribution is 0.0562. The summed E-state index contributed by atoms with van der Waals surface area (Å²) in [6.45, 7) is 5.63. The van der Waals surface area contributed by atoms with Crippen molar-refractivity contribution in [3.63, 3.8) is 0 Å². The predicted molar refractivity (Wildman–Crippen MR) is 175 cm³/mol. The lowest BCUT2D eigenvalue weighted by Crippen LogP contribution is -1.99. The molecule has 3 aromatic carbocycles. The number of carboxylic acids is 1. The van der Waals surface area contributed by atoms with E-state index in [2.05, 4.69) is 27.3 Å². The van der Waals surface area contributed by atoms with Gasteiger partial charge >= 0.3 is 11.9 Å². The van der Waals surface area contributed by atoms with Crippen molar-refractivity contribution in [2.45, 2.75) is 34.0 Å². The van der Waals surface area contributed by atoms with Crippen molar-refractivity contribution in [3.05, 3.63) is 128 Å². The van der Waals surface area contributed by atoms with Crippen LogP contribution in [0.2, 0.25) is 0 Å². The molecule has 9 nitrogen and oxygen atoms in total. The first-order valence-electron chi connectivity index (χ1n) is 13.8. The fraction of sp³-hybridized carbons (Fsp3) is 0.171. The first-order chi connectivity index (χ1) is 21.5. The van der Waals surface area contributed by atoms with Crippen LogP contribution in [0, 0.1) is 17.4 Å². The zero-order valence-electron chi connectivity index (χ0n) is 25.1. The Labute approximate surface area is 273 Å². The van der Waals surface area contributed by atoms with E-state index in [1.54, 1.807) is 26.8 Å². The topological polar surface area (TPSA) is 125 Å². The minimum atomic E-state index is -1.10. The molecular formula is C35H31IO9. The van der Waals surface area contributed by atoms with Crippen LogP contribution in [0.4, 0.5) is 0 Å². The van der Waals surface area contributed by atoms with Crippen LogP contribution in [0.3, 0.4) is 0 Å². The van der Waals surface area contributed by atoms with Crippen LogP contribution in [-0.4, -0.2) is 29.9 Å². The largest absolute Gasteiger partial charge is 0.489 e. The summed E-state index contributed by atoms with van der Waals surface area (Å²) in [6.07, 6.45) is 0. The molecule has 0 radical (unpaired) electrons. The van der Waals surface area contributed by atoms with Crippen LogP contribution in [0.5, 0.6) is 11.5 Å². The van der Waals surface area contributed by atoms with E-state index < -0.39 is 11.9 Å². The molecule has 0 unspecified atom stereocenters. The van der Waals surface area contributed by atoms with E-state index >= 15 is 0 Å². The Hall–Kier alpha value is -4.84. The minimum absolute atomic E-state index is 0.0425. The van der Waals surface area contributed by atoms with Crippen molar-refractivity contribution in [1.29, 1.82) is 0 Å². The number of esters is 1. The number of ether oxygens (including phenoxy) is 3. The number of Topliss-reactive ketones (excluding diaryl/α,β-unsaturated/α-hetero) is 1. The van der Waals surface area contributed by atoms with Gasteiger partial charge in [-0.25, -0.2) is 9.59 Å². The maximum atomic E-state index is 11.3. The van der Waals surface area contributed by atoms with Gasteiger partial charge in [-0.3, -0.25) is 4.79 Å². The number of hydrogen-bond acceptors (Lipinski definition) is 8. The highest BCUT2D eigenvalue weighted by atomic mass is 127. The van der Waals surface area contributed by atoms with Crippen molar-refractivity contribution < 1.29 is 42.5 Å². The van der Waals surface area contributed by atoms with Gasteiger partial charge in [0, 0.05) is 20.3 Å². The van der Waals surface area contributed by atoms with E-state index in [4.69, 9.17) is 23.4 Å². The first-order valence-corrected chi connectivity index (χ1v) is 14.8. The molecule has 0 aliphatic heterocycles. The third-order valence-electron chi connectivity index (χ3n) is 6.72. The number of ketones is 1. The fourth-order valence-corrected chi connectivity index (χ4v) is 4.49. The molecule has 2 heterocycles. The summed E-state index contributed by atoms with van der Waals surface area (Å²) in [6, 6.07) is 25.9. The molecule has 232 valence electrons. The Morgan fingerprint density at radius 3 is 1.60 bits per heavy atom. The van der Waals surface area contributed by atoms with Gasteiger partial charge in [-0.05, 0) is 103 Å². The van der Waals surface area contributed by atoms with E-state index in [1.807, 2.05) is 72.8 Å². The normalized spacial score (nSPS) is 10.4. The number of carbonyl (C=O) groups excluding carboxylic acids is 2. The molecule has 10 heteroatoms. The van der Waals surface area contributed by atoms with E-state index in [1.165, 1.54) is 13.2 Å². The highest BCUT2D eigenvalue weighted by molar-refractivity contribution is 14.1. The lowest BCUT2D eigenvalue weighted by atomic mass is 10.0. The number of benzene rings is 3. The number of carboxylic acid groups (broad SMARTS) is 1. The Morgan fingerprint density at radius 2 is 1.16 bits per heavy atom. The van der Waals surface area contributed by atoms with Gasteiger partial charge in [-0.15, -0.1) is 0 Å². The summed E-state index contributed by atoms with van der Waals surface area (Å²) < 4.78 is 27.6. The fourth-order valence-electron chi connectivity index (χ4n) is 4.13. The van der Waals surface area contributed by atoms with Gasteiger partial charge in [-0.1, -0.05) is 36.4 Å². The third-order valence-corrected chi connectivity index (χ3v) is 7.44. The number of halogens is 1. The molecule has 0 atom stereocenters. The Morgan fingerprint density at radius 1 is 0.711 bits per heavy atom. The summed E-state index contributed by atoms with van der Waals surface area (Å²) >= 11 is 2.23. The highest BCUT2D eigenvalue weighted by Crippen LogP contribution is 2.25. The number of methoxy groups -OCH3 is 1. The van der Waals surface area contributed by atoms with Crippen molar-refractivity contribution in [1.82, 2.24) is 0 Å². The van der Waals surface area contributed by atoms with Crippen LogP contribution in [0.25, 0.3) is 11.1 Å². The maximum absolute atomic E-state index is 11.3. The molecule has 1 N–H and O–H groups in total. The van der Waals surface area contributed by atoms with Crippen LogP contribution in [-0.2, 0) is 18.0 Å². The second kappa shape index (κ2) is 15.2. The third kappa shape index (κ3) is 9.08.